The maximum Gasteiger partial charge on any atom is 0.309 e. The second-order valence-corrected chi connectivity index (χ2v) is 26.4. The van der Waals surface area contributed by atoms with E-state index in [0.717, 1.165) is 44.8 Å². The molecular formula is C54H87N3O5. The average Bonchev–Trinajstić information content (AvgIpc) is 3.60. The van der Waals surface area contributed by atoms with Gasteiger partial charge in [0.05, 0.1) is 17.3 Å². The number of hydrogen-bond acceptors (Lipinski definition) is 6. The molecule has 10 rings (SSSR count). The van der Waals surface area contributed by atoms with Crippen LogP contribution in [0.4, 0.5) is 0 Å². The molecule has 10 aliphatic rings. The van der Waals surface area contributed by atoms with Crippen LogP contribution in [0.25, 0.3) is 0 Å². The van der Waals surface area contributed by atoms with Gasteiger partial charge in [0.2, 0.25) is 5.91 Å². The van der Waals surface area contributed by atoms with Gasteiger partial charge in [-0.25, -0.2) is 0 Å². The molecule has 0 bridgehead atoms. The number of hydrogen-bond donors (Lipinski definition) is 1. The Morgan fingerprint density at radius 2 is 1.34 bits per heavy atom. The third-order valence-electron chi connectivity index (χ3n) is 23.4. The molecule has 2 saturated heterocycles. The van der Waals surface area contributed by atoms with Crippen LogP contribution in [0.15, 0.2) is 0 Å². The van der Waals surface area contributed by atoms with E-state index in [9.17, 15) is 14.7 Å². The van der Waals surface area contributed by atoms with E-state index in [-0.39, 0.29) is 45.1 Å². The van der Waals surface area contributed by atoms with Gasteiger partial charge in [-0.3, -0.25) is 24.2 Å². The van der Waals surface area contributed by atoms with E-state index in [2.05, 4.69) is 56.2 Å². The monoisotopic (exact) mass is 858 g/mol. The van der Waals surface area contributed by atoms with Crippen LogP contribution in [0.2, 0.25) is 0 Å². The topological polar surface area (TPSA) is 90.4 Å². The van der Waals surface area contributed by atoms with Gasteiger partial charge in [-0.15, -0.1) is 0 Å². The van der Waals surface area contributed by atoms with Gasteiger partial charge in [-0.1, -0.05) is 74.7 Å². The maximum atomic E-state index is 15.7. The third kappa shape index (κ3) is 6.46. The molecular weight excluding hydrogens is 771 g/mol. The van der Waals surface area contributed by atoms with Crippen LogP contribution in [0.1, 0.15) is 184 Å². The molecule has 348 valence electrons. The standard InChI is InChI=1S/C54H87N3O5/c1-48(2)39(45(58)59)33-40(48)46(60)62-43-20-21-51(6)41(49(43,3)4)19-22-53(8)42(51)17-16-38-44-37(50(5)24-25-50)18-23-54(44,27-26-52(38,53)7)47(61)57-28-12-15-36(57)34-55-29-31-56(32-30-55)35-13-10-9-11-14-35/h35-44H,9-34H2,1-8H3,(H,58,59)/t36-,37+,38+,39-,40+,41?,42?,43-,44?,51-,52+,53+,54-/m0/s1. The Balaban J connectivity index is 0.862. The maximum absolute atomic E-state index is 15.7. The highest BCUT2D eigenvalue weighted by Crippen LogP contribution is 2.79. The lowest BCUT2D eigenvalue weighted by molar-refractivity contribution is -0.253. The van der Waals surface area contributed by atoms with Crippen molar-refractivity contribution in [3.05, 3.63) is 0 Å². The molecule has 0 radical (unpaired) electrons. The Morgan fingerprint density at radius 1 is 0.613 bits per heavy atom. The number of ether oxygens (including phenoxy) is 1. The minimum Gasteiger partial charge on any atom is -0.481 e. The summed E-state index contributed by atoms with van der Waals surface area (Å²) < 4.78 is 6.51. The minimum absolute atomic E-state index is 0.135. The van der Waals surface area contributed by atoms with Crippen LogP contribution in [-0.2, 0) is 19.1 Å². The van der Waals surface area contributed by atoms with Crippen molar-refractivity contribution in [1.29, 1.82) is 0 Å². The molecule has 2 aliphatic heterocycles. The zero-order valence-electron chi connectivity index (χ0n) is 40.6. The lowest BCUT2D eigenvalue weighted by atomic mass is 9.32. The van der Waals surface area contributed by atoms with Gasteiger partial charge in [0.25, 0.3) is 0 Å². The number of carbonyl (C=O) groups excluding carboxylic acids is 2. The lowest BCUT2D eigenvalue weighted by Crippen LogP contribution is -2.68. The van der Waals surface area contributed by atoms with Gasteiger partial charge >= 0.3 is 11.9 Å². The number of carbonyl (C=O) groups is 3. The van der Waals surface area contributed by atoms with E-state index in [4.69, 9.17) is 4.74 Å². The summed E-state index contributed by atoms with van der Waals surface area (Å²) in [5.41, 5.74) is 0.0962. The van der Waals surface area contributed by atoms with E-state index in [1.807, 2.05) is 13.8 Å². The van der Waals surface area contributed by atoms with Crippen LogP contribution >= 0.6 is 0 Å². The van der Waals surface area contributed by atoms with Crippen molar-refractivity contribution in [3.8, 4) is 0 Å². The van der Waals surface area contributed by atoms with E-state index < -0.39 is 17.3 Å². The molecule has 0 aromatic heterocycles. The number of piperazine rings is 1. The van der Waals surface area contributed by atoms with Gasteiger partial charge in [0.15, 0.2) is 0 Å². The molecule has 0 aromatic rings. The predicted octanol–water partition coefficient (Wildman–Crippen LogP) is 10.5. The largest absolute Gasteiger partial charge is 0.481 e. The van der Waals surface area contributed by atoms with Gasteiger partial charge in [-0.05, 0) is 166 Å². The number of esters is 1. The molecule has 8 saturated carbocycles. The molecule has 8 aliphatic carbocycles. The highest BCUT2D eigenvalue weighted by Gasteiger charge is 2.74. The fourth-order valence-electron chi connectivity index (χ4n) is 19.1. The van der Waals surface area contributed by atoms with Gasteiger partial charge in [0, 0.05) is 56.8 Å². The number of aliphatic carboxylic acids is 1. The summed E-state index contributed by atoms with van der Waals surface area (Å²) >= 11 is 0. The summed E-state index contributed by atoms with van der Waals surface area (Å²) in [4.78, 5) is 49.4. The fraction of sp³-hybridized carbons (Fsp3) is 0.944. The van der Waals surface area contributed by atoms with Crippen molar-refractivity contribution in [1.82, 2.24) is 14.7 Å². The first-order chi connectivity index (χ1) is 29.3. The highest BCUT2D eigenvalue weighted by molar-refractivity contribution is 5.84. The van der Waals surface area contributed by atoms with Crippen molar-refractivity contribution in [3.63, 3.8) is 0 Å². The summed E-state index contributed by atoms with van der Waals surface area (Å²) in [7, 11) is 0. The molecule has 13 atom stereocenters. The van der Waals surface area contributed by atoms with Crippen molar-refractivity contribution in [2.75, 3.05) is 39.3 Å². The van der Waals surface area contributed by atoms with Gasteiger partial charge in [-0.2, -0.15) is 0 Å². The van der Waals surface area contributed by atoms with Gasteiger partial charge in [0.1, 0.15) is 6.10 Å². The average molecular weight is 858 g/mol. The van der Waals surface area contributed by atoms with Crippen molar-refractivity contribution in [2.45, 2.75) is 202 Å². The molecule has 10 fully saturated rings. The van der Waals surface area contributed by atoms with E-state index in [1.54, 1.807) is 0 Å². The zero-order valence-corrected chi connectivity index (χ0v) is 40.6. The first kappa shape index (κ1) is 44.2. The summed E-state index contributed by atoms with van der Waals surface area (Å²) in [6.07, 6.45) is 23.9. The molecule has 1 N–H and O–H groups in total. The van der Waals surface area contributed by atoms with Gasteiger partial charge < -0.3 is 14.7 Å². The van der Waals surface area contributed by atoms with Crippen LogP contribution < -0.4 is 0 Å². The predicted molar refractivity (Wildman–Crippen MR) is 244 cm³/mol. The Kier molecular flexibility index (Phi) is 10.8. The number of rotatable bonds is 8. The highest BCUT2D eigenvalue weighted by atomic mass is 16.5. The number of carboxylic acid groups (broad SMARTS) is 1. The Labute approximate surface area is 376 Å². The minimum atomic E-state index is -0.800. The normalized spacial score (nSPS) is 47.3. The number of fused-ring (bicyclic) bond motifs is 7. The summed E-state index contributed by atoms with van der Waals surface area (Å²) in [5, 5.41) is 9.74. The SMILES string of the molecule is CC1([C@@H]2CC[C@]3(C(=O)N4CCC[C@H]4CN4CCN(C5CCCCC5)CC4)CC[C@]4(C)[C@H](CCC5[C@@]6(C)CC[C@H](OC(=O)[C@H]7C[C@@H](C(=O)O)C7(C)C)C(C)(C)C6CC[C@]54C)C23)CC1. The number of likely N-dealkylation sites (tertiary alicyclic amines) is 1. The fourth-order valence-corrected chi connectivity index (χ4v) is 19.1. The van der Waals surface area contributed by atoms with E-state index in [0.29, 0.717) is 53.4 Å². The molecule has 0 aromatic carbocycles. The van der Waals surface area contributed by atoms with Crippen LogP contribution in [0, 0.1) is 79.3 Å². The third-order valence-corrected chi connectivity index (χ3v) is 23.4. The van der Waals surface area contributed by atoms with Crippen molar-refractivity contribution in [2.24, 2.45) is 79.3 Å². The Hall–Kier alpha value is -1.67. The van der Waals surface area contributed by atoms with Crippen molar-refractivity contribution < 1.29 is 24.2 Å². The molecule has 8 nitrogen and oxygen atoms in total. The van der Waals surface area contributed by atoms with Crippen molar-refractivity contribution >= 4 is 17.8 Å². The molecule has 0 spiro atoms. The Morgan fingerprint density at radius 3 is 2.02 bits per heavy atom. The quantitative estimate of drug-likeness (QED) is 0.243. The lowest BCUT2D eigenvalue weighted by Gasteiger charge is -2.73. The first-order valence-electron chi connectivity index (χ1n) is 26.5. The second-order valence-electron chi connectivity index (χ2n) is 26.4. The molecule has 3 unspecified atom stereocenters. The molecule has 2 heterocycles. The molecule has 8 heteroatoms. The van der Waals surface area contributed by atoms with E-state index >= 15 is 4.79 Å². The first-order valence-corrected chi connectivity index (χ1v) is 26.5. The smallest absolute Gasteiger partial charge is 0.309 e. The van der Waals surface area contributed by atoms with E-state index in [1.165, 1.54) is 122 Å². The van der Waals surface area contributed by atoms with Crippen LogP contribution in [-0.4, -0.2) is 95.1 Å². The van der Waals surface area contributed by atoms with Crippen LogP contribution in [0.3, 0.4) is 0 Å². The number of nitrogens with zero attached hydrogens (tertiary/aromatic N) is 3. The molecule has 1 amide bonds. The molecule has 62 heavy (non-hydrogen) atoms. The number of carboxylic acids is 1. The zero-order chi connectivity index (χ0) is 43.8. The summed E-state index contributed by atoms with van der Waals surface area (Å²) in [6.45, 7) is 26.1. The Bertz CT molecular complexity index is 1760. The van der Waals surface area contributed by atoms with Crippen LogP contribution in [0.5, 0.6) is 0 Å². The number of amides is 1. The summed E-state index contributed by atoms with van der Waals surface area (Å²) in [5.74, 6) is 1.66. The summed E-state index contributed by atoms with van der Waals surface area (Å²) in [6, 6.07) is 1.19. The second kappa shape index (κ2) is 15.2.